The summed E-state index contributed by atoms with van der Waals surface area (Å²) in [6.07, 6.45) is 6.31. The SMILES string of the molecule is CC(C)(C)[Si](C)(C)O[C@@H](CNCc1ccc2oc(CC/C=C/c3ccc(-c4ccccc4)c(N(C(=O)O)[C@H]4CN5CCC4CC5)c3)nc2c1)c1ccc(O)c2[nH]c(=O)ccc12. The van der Waals surface area contributed by atoms with Crippen LogP contribution in [0.1, 0.15) is 68.7 Å². The number of oxazole rings is 1. The second kappa shape index (κ2) is 17.4. The molecular formula is C49H57N5O6Si. The van der Waals surface area contributed by atoms with Crippen LogP contribution in [0.4, 0.5) is 10.5 Å². The van der Waals surface area contributed by atoms with Gasteiger partial charge in [-0.1, -0.05) is 87.5 Å². The minimum atomic E-state index is -2.22. The van der Waals surface area contributed by atoms with Gasteiger partial charge in [-0.2, -0.15) is 0 Å². The van der Waals surface area contributed by atoms with Crippen LogP contribution in [0.25, 0.3) is 39.2 Å². The van der Waals surface area contributed by atoms with Crippen LogP contribution in [-0.2, 0) is 17.4 Å². The third-order valence-electron chi connectivity index (χ3n) is 13.0. The monoisotopic (exact) mass is 839 g/mol. The van der Waals surface area contributed by atoms with Gasteiger partial charge in [-0.05, 0) is 109 Å². The lowest BCUT2D eigenvalue weighted by Crippen LogP contribution is -2.59. The van der Waals surface area contributed by atoms with Crippen molar-refractivity contribution in [2.45, 2.75) is 83.3 Å². The number of allylic oxidation sites excluding steroid dienone is 1. The number of aromatic nitrogens is 2. The number of carboxylic acid groups (broad SMARTS) is 1. The van der Waals surface area contributed by atoms with E-state index in [9.17, 15) is 19.8 Å². The lowest BCUT2D eigenvalue weighted by atomic mass is 9.82. The molecule has 5 heterocycles. The number of benzene rings is 4. The number of carbonyl (C=O) groups is 1. The molecule has 3 aliphatic heterocycles. The molecule has 0 saturated carbocycles. The molecule has 0 spiro atoms. The number of fused-ring (bicyclic) bond motifs is 5. The maximum absolute atomic E-state index is 13.0. The Kier molecular flexibility index (Phi) is 12.1. The molecule has 3 aliphatic rings. The van der Waals surface area contributed by atoms with Crippen LogP contribution in [0.2, 0.25) is 18.1 Å². The highest BCUT2D eigenvalue weighted by Crippen LogP contribution is 2.42. The highest BCUT2D eigenvalue weighted by atomic mass is 28.4. The van der Waals surface area contributed by atoms with Gasteiger partial charge in [0.1, 0.15) is 11.3 Å². The van der Waals surface area contributed by atoms with Crippen molar-refractivity contribution in [3.63, 3.8) is 0 Å². The van der Waals surface area contributed by atoms with Crippen molar-refractivity contribution in [1.82, 2.24) is 20.2 Å². The molecule has 1 amide bonds. The molecule has 9 rings (SSSR count). The number of rotatable bonds is 14. The first-order valence-corrected chi connectivity index (χ1v) is 24.4. The Morgan fingerprint density at radius 1 is 1.05 bits per heavy atom. The molecule has 318 valence electrons. The third-order valence-corrected chi connectivity index (χ3v) is 17.5. The van der Waals surface area contributed by atoms with Gasteiger partial charge in [0.15, 0.2) is 19.8 Å². The Labute approximate surface area is 358 Å². The third kappa shape index (κ3) is 9.23. The molecule has 61 heavy (non-hydrogen) atoms. The van der Waals surface area contributed by atoms with Crippen LogP contribution in [0.5, 0.6) is 5.75 Å². The Balaban J connectivity index is 0.946. The van der Waals surface area contributed by atoms with E-state index in [1.165, 1.54) is 6.07 Å². The summed E-state index contributed by atoms with van der Waals surface area (Å²) in [5.41, 5.74) is 7.22. The lowest BCUT2D eigenvalue weighted by molar-refractivity contribution is 0.0838. The lowest BCUT2D eigenvalue weighted by Gasteiger charge is -2.48. The number of hydrogen-bond donors (Lipinski definition) is 4. The van der Waals surface area contributed by atoms with E-state index in [0.717, 1.165) is 82.5 Å². The highest BCUT2D eigenvalue weighted by molar-refractivity contribution is 6.74. The smallest absolute Gasteiger partial charge is 0.412 e. The standard InChI is InChI=1S/C49H57N5O6Si/c1-49(2,3)61(4,5)60-44(37-18-20-42(55)47-38(37)19-22-45(56)52-47)30-50-29-33-16-21-43-39(27-33)51-46(59-43)14-10-9-11-32-15-17-36(34-12-7-6-8-13-34)40(28-32)54(48(57)58)41-31-53-25-23-35(41)24-26-53/h6-9,11-13,15-22,27-28,35,41,44,50,55H,10,14,23-26,29-31H2,1-5H3,(H,52,56)(H,57,58)/b11-9+/t41-,44-/m0/s1. The molecule has 4 N–H and O–H groups in total. The van der Waals surface area contributed by atoms with Gasteiger partial charge in [0.05, 0.1) is 23.3 Å². The topological polar surface area (TPSA) is 144 Å². The Morgan fingerprint density at radius 3 is 2.56 bits per heavy atom. The summed E-state index contributed by atoms with van der Waals surface area (Å²) < 4.78 is 13.1. The first kappa shape index (κ1) is 42.2. The van der Waals surface area contributed by atoms with Crippen molar-refractivity contribution in [3.05, 3.63) is 130 Å². The van der Waals surface area contributed by atoms with E-state index < -0.39 is 14.4 Å². The number of nitrogens with zero attached hydrogens (tertiary/aromatic N) is 3. The average molecular weight is 840 g/mol. The summed E-state index contributed by atoms with van der Waals surface area (Å²) in [4.78, 5) is 36.8. The normalized spacial score (nSPS) is 18.6. The zero-order chi connectivity index (χ0) is 42.9. The number of piperidine rings is 3. The molecule has 4 aromatic carbocycles. The van der Waals surface area contributed by atoms with E-state index in [-0.39, 0.29) is 28.5 Å². The van der Waals surface area contributed by atoms with Crippen molar-refractivity contribution >= 4 is 48.2 Å². The minimum absolute atomic E-state index is 0.0218. The van der Waals surface area contributed by atoms with E-state index in [1.807, 2.05) is 54.6 Å². The summed E-state index contributed by atoms with van der Waals surface area (Å²) in [6.45, 7) is 15.0. The maximum atomic E-state index is 13.0. The van der Waals surface area contributed by atoms with Gasteiger partial charge in [-0.3, -0.25) is 9.69 Å². The molecular weight excluding hydrogens is 783 g/mol. The summed E-state index contributed by atoms with van der Waals surface area (Å²) in [7, 11) is -2.22. The average Bonchev–Trinajstić information content (AvgIpc) is 3.65. The fourth-order valence-electron chi connectivity index (χ4n) is 8.66. The molecule has 2 atom stereocenters. The van der Waals surface area contributed by atoms with Crippen molar-refractivity contribution in [3.8, 4) is 16.9 Å². The van der Waals surface area contributed by atoms with Gasteiger partial charge >= 0.3 is 6.09 Å². The van der Waals surface area contributed by atoms with E-state index in [4.69, 9.17) is 13.8 Å². The van der Waals surface area contributed by atoms with E-state index >= 15 is 0 Å². The molecule has 3 saturated heterocycles. The predicted molar refractivity (Wildman–Crippen MR) is 246 cm³/mol. The Hall–Kier alpha value is -5.53. The highest BCUT2D eigenvalue weighted by Gasteiger charge is 2.41. The number of aromatic hydroxyl groups is 1. The van der Waals surface area contributed by atoms with Crippen molar-refractivity contribution < 1.29 is 23.9 Å². The van der Waals surface area contributed by atoms with Gasteiger partial charge in [0.25, 0.3) is 0 Å². The van der Waals surface area contributed by atoms with Crippen LogP contribution in [-0.4, -0.2) is 71.7 Å². The van der Waals surface area contributed by atoms with Gasteiger partial charge in [0.2, 0.25) is 5.56 Å². The van der Waals surface area contributed by atoms with Crippen molar-refractivity contribution in [2.75, 3.05) is 31.1 Å². The van der Waals surface area contributed by atoms with Gasteiger partial charge < -0.3 is 34.3 Å². The molecule has 0 unspecified atom stereocenters. The Bertz CT molecular complexity index is 2610. The van der Waals surface area contributed by atoms with E-state index in [2.05, 4.69) is 79.4 Å². The summed E-state index contributed by atoms with van der Waals surface area (Å²) in [5, 5.41) is 25.6. The van der Waals surface area contributed by atoms with Crippen LogP contribution in [0.15, 0.2) is 106 Å². The number of aromatic amines is 1. The number of anilines is 1. The fraction of sp³-hybridized carbons (Fsp3) is 0.367. The van der Waals surface area contributed by atoms with Crippen LogP contribution < -0.4 is 15.8 Å². The number of hydrogen-bond acceptors (Lipinski definition) is 8. The molecule has 3 fully saturated rings. The zero-order valence-electron chi connectivity index (χ0n) is 35.8. The Morgan fingerprint density at radius 2 is 1.84 bits per heavy atom. The first-order valence-electron chi connectivity index (χ1n) is 21.5. The largest absolute Gasteiger partial charge is 0.506 e. The number of aryl methyl sites for hydroxylation is 1. The van der Waals surface area contributed by atoms with Crippen molar-refractivity contribution in [1.29, 1.82) is 0 Å². The number of nitrogens with one attached hydrogen (secondary N) is 2. The second-order valence-corrected chi connectivity index (χ2v) is 22.9. The number of H-pyrrole nitrogens is 1. The number of phenols is 1. The number of amides is 1. The van der Waals surface area contributed by atoms with E-state index in [0.29, 0.717) is 43.3 Å². The van der Waals surface area contributed by atoms with Crippen LogP contribution >= 0.6 is 0 Å². The first-order chi connectivity index (χ1) is 29.2. The zero-order valence-corrected chi connectivity index (χ0v) is 36.8. The number of phenolic OH excluding ortho intramolecular Hbond substituents is 1. The van der Waals surface area contributed by atoms with Crippen LogP contribution in [0, 0.1) is 5.92 Å². The molecule has 0 aliphatic carbocycles. The molecule has 12 heteroatoms. The molecule has 11 nitrogen and oxygen atoms in total. The van der Waals surface area contributed by atoms with E-state index in [1.54, 1.807) is 17.0 Å². The van der Waals surface area contributed by atoms with Gasteiger partial charge in [-0.15, -0.1) is 0 Å². The fourth-order valence-corrected chi connectivity index (χ4v) is 9.94. The molecule has 0 radical (unpaired) electrons. The second-order valence-electron chi connectivity index (χ2n) is 18.1. The molecule has 2 bridgehead atoms. The minimum Gasteiger partial charge on any atom is -0.506 e. The van der Waals surface area contributed by atoms with Crippen LogP contribution in [0.3, 0.4) is 0 Å². The van der Waals surface area contributed by atoms with Gasteiger partial charge in [-0.25, -0.2) is 9.78 Å². The van der Waals surface area contributed by atoms with Gasteiger partial charge in [0, 0.05) is 43.1 Å². The molecule has 6 aromatic rings. The van der Waals surface area contributed by atoms with Crippen molar-refractivity contribution in [2.24, 2.45) is 5.92 Å². The summed E-state index contributed by atoms with van der Waals surface area (Å²) >= 11 is 0. The maximum Gasteiger partial charge on any atom is 0.412 e. The number of pyridine rings is 1. The summed E-state index contributed by atoms with van der Waals surface area (Å²) in [6, 6.07) is 28.9. The molecule has 2 aromatic heterocycles. The predicted octanol–water partition coefficient (Wildman–Crippen LogP) is 10.1. The summed E-state index contributed by atoms with van der Waals surface area (Å²) in [5.74, 6) is 1.04. The quantitative estimate of drug-likeness (QED) is 0.0788.